The molecule has 0 fully saturated rings. The van der Waals surface area contributed by atoms with Crippen LogP contribution in [0.4, 0.5) is 0 Å². The topological polar surface area (TPSA) is 12.0 Å². The Morgan fingerprint density at radius 1 is 0.950 bits per heavy atom. The van der Waals surface area contributed by atoms with Gasteiger partial charge in [-0.1, -0.05) is 51.8 Å². The second-order valence-corrected chi connectivity index (χ2v) is 6.44. The first-order valence-corrected chi connectivity index (χ1v) is 7.85. The molecule has 106 valence electrons. The molecule has 0 bridgehead atoms. The Morgan fingerprint density at radius 2 is 1.70 bits per heavy atom. The van der Waals surface area contributed by atoms with Crippen molar-refractivity contribution >= 4 is 15.9 Å². The number of hydrogen-bond acceptors (Lipinski definition) is 1. The number of aryl methyl sites for hydroxylation is 2. The highest BCUT2D eigenvalue weighted by atomic mass is 79.9. The number of hydrogen-bond donors (Lipinski definition) is 1. The zero-order chi connectivity index (χ0) is 14.7. The van der Waals surface area contributed by atoms with E-state index >= 15 is 0 Å². The van der Waals surface area contributed by atoms with Crippen molar-refractivity contribution in [1.29, 1.82) is 0 Å². The van der Waals surface area contributed by atoms with Crippen LogP contribution >= 0.6 is 15.9 Å². The summed E-state index contributed by atoms with van der Waals surface area (Å²) in [4.78, 5) is 0. The summed E-state index contributed by atoms with van der Waals surface area (Å²) in [5.41, 5.74) is 5.34. The van der Waals surface area contributed by atoms with E-state index in [2.05, 4.69) is 91.4 Å². The number of nitrogens with one attached hydrogen (secondary N) is 1. The van der Waals surface area contributed by atoms with Crippen LogP contribution in [-0.4, -0.2) is 0 Å². The molecule has 2 atom stereocenters. The van der Waals surface area contributed by atoms with Crippen molar-refractivity contribution in [3.63, 3.8) is 0 Å². The fraction of sp³-hybridized carbons (Fsp3) is 0.333. The van der Waals surface area contributed by atoms with Crippen molar-refractivity contribution < 1.29 is 0 Å². The van der Waals surface area contributed by atoms with Crippen LogP contribution in [-0.2, 0) is 0 Å². The van der Waals surface area contributed by atoms with E-state index in [1.54, 1.807) is 0 Å². The Hall–Kier alpha value is -1.12. The average Bonchev–Trinajstić information content (AvgIpc) is 2.41. The van der Waals surface area contributed by atoms with Crippen molar-refractivity contribution in [2.45, 2.75) is 39.8 Å². The van der Waals surface area contributed by atoms with Gasteiger partial charge in [0.15, 0.2) is 0 Å². The molecule has 1 N–H and O–H groups in total. The van der Waals surface area contributed by atoms with Gasteiger partial charge in [0.05, 0.1) is 0 Å². The summed E-state index contributed by atoms with van der Waals surface area (Å²) in [6.07, 6.45) is 0. The maximum Gasteiger partial charge on any atom is 0.0300 e. The van der Waals surface area contributed by atoms with E-state index < -0.39 is 0 Å². The first kappa shape index (κ1) is 15.3. The monoisotopic (exact) mass is 331 g/mol. The lowest BCUT2D eigenvalue weighted by molar-refractivity contribution is 0.493. The van der Waals surface area contributed by atoms with Crippen molar-refractivity contribution in [1.82, 2.24) is 5.32 Å². The molecule has 0 radical (unpaired) electrons. The molecule has 0 amide bonds. The molecule has 1 nitrogen and oxygen atoms in total. The molecule has 0 saturated heterocycles. The largest absolute Gasteiger partial charge is 0.304 e. The summed E-state index contributed by atoms with van der Waals surface area (Å²) in [7, 11) is 0. The van der Waals surface area contributed by atoms with E-state index in [0.29, 0.717) is 12.1 Å². The molecule has 0 aliphatic rings. The molecule has 2 heteroatoms. The van der Waals surface area contributed by atoms with E-state index in [0.717, 1.165) is 4.47 Å². The Kier molecular flexibility index (Phi) is 5.00. The van der Waals surface area contributed by atoms with Crippen LogP contribution in [0.1, 0.15) is 48.2 Å². The number of benzene rings is 2. The molecule has 20 heavy (non-hydrogen) atoms. The van der Waals surface area contributed by atoms with Gasteiger partial charge in [0.25, 0.3) is 0 Å². The molecule has 0 aliphatic carbocycles. The van der Waals surface area contributed by atoms with Gasteiger partial charge in [0.1, 0.15) is 0 Å². The molecule has 0 aromatic heterocycles. The summed E-state index contributed by atoms with van der Waals surface area (Å²) >= 11 is 3.53. The lowest BCUT2D eigenvalue weighted by atomic mass is 9.98. The third-order valence-corrected chi connectivity index (χ3v) is 4.24. The van der Waals surface area contributed by atoms with E-state index in [1.807, 2.05) is 0 Å². The fourth-order valence-corrected chi connectivity index (χ4v) is 2.98. The smallest absolute Gasteiger partial charge is 0.0300 e. The van der Waals surface area contributed by atoms with Crippen LogP contribution in [0.15, 0.2) is 46.9 Å². The van der Waals surface area contributed by atoms with Gasteiger partial charge in [-0.3, -0.25) is 0 Å². The van der Waals surface area contributed by atoms with Crippen LogP contribution in [0, 0.1) is 13.8 Å². The second kappa shape index (κ2) is 6.55. The molecule has 0 heterocycles. The molecule has 2 rings (SSSR count). The minimum absolute atomic E-state index is 0.322. The highest BCUT2D eigenvalue weighted by Crippen LogP contribution is 2.24. The summed E-state index contributed by atoms with van der Waals surface area (Å²) in [6.45, 7) is 8.77. The number of rotatable bonds is 4. The van der Waals surface area contributed by atoms with Crippen LogP contribution < -0.4 is 5.32 Å². The van der Waals surface area contributed by atoms with Crippen molar-refractivity contribution in [2.75, 3.05) is 0 Å². The van der Waals surface area contributed by atoms with Crippen molar-refractivity contribution in [2.24, 2.45) is 0 Å². The van der Waals surface area contributed by atoms with Gasteiger partial charge in [-0.2, -0.15) is 0 Å². The first-order chi connectivity index (χ1) is 9.47. The van der Waals surface area contributed by atoms with Crippen LogP contribution in [0.2, 0.25) is 0 Å². The Labute approximate surface area is 130 Å². The summed E-state index contributed by atoms with van der Waals surface area (Å²) < 4.78 is 1.13. The molecule has 0 spiro atoms. The quantitative estimate of drug-likeness (QED) is 0.782. The SMILES string of the molecule is Cc1ccc(C)c(C(C)NC(C)c2cccc(Br)c2)c1. The molecule has 2 unspecified atom stereocenters. The third kappa shape index (κ3) is 3.71. The molecule has 0 saturated carbocycles. The van der Waals surface area contributed by atoms with Crippen molar-refractivity contribution in [3.8, 4) is 0 Å². The molecule has 2 aromatic carbocycles. The predicted molar refractivity (Wildman–Crippen MR) is 90.0 cm³/mol. The second-order valence-electron chi connectivity index (χ2n) is 5.53. The lowest BCUT2D eigenvalue weighted by Crippen LogP contribution is -2.23. The minimum atomic E-state index is 0.322. The van der Waals surface area contributed by atoms with Gasteiger partial charge in [-0.15, -0.1) is 0 Å². The maximum atomic E-state index is 3.69. The summed E-state index contributed by atoms with van der Waals surface area (Å²) in [5.74, 6) is 0. The third-order valence-electron chi connectivity index (χ3n) is 3.75. The van der Waals surface area contributed by atoms with E-state index in [-0.39, 0.29) is 0 Å². The van der Waals surface area contributed by atoms with Gasteiger partial charge >= 0.3 is 0 Å². The molecular formula is C18H22BrN. The van der Waals surface area contributed by atoms with Crippen LogP contribution in [0.25, 0.3) is 0 Å². The first-order valence-electron chi connectivity index (χ1n) is 7.06. The Bertz CT molecular complexity index is 592. The van der Waals surface area contributed by atoms with E-state index in [4.69, 9.17) is 0 Å². The lowest BCUT2D eigenvalue weighted by Gasteiger charge is -2.22. The predicted octanol–water partition coefficient (Wildman–Crippen LogP) is 5.48. The zero-order valence-electron chi connectivity index (χ0n) is 12.6. The maximum absolute atomic E-state index is 3.69. The highest BCUT2D eigenvalue weighted by molar-refractivity contribution is 9.10. The summed E-state index contributed by atoms with van der Waals surface area (Å²) in [6, 6.07) is 15.8. The molecule has 0 aliphatic heterocycles. The van der Waals surface area contributed by atoms with Crippen molar-refractivity contribution in [3.05, 3.63) is 69.2 Å². The minimum Gasteiger partial charge on any atom is -0.304 e. The highest BCUT2D eigenvalue weighted by Gasteiger charge is 2.13. The standard InChI is InChI=1S/C18H22BrN/c1-12-8-9-13(2)18(10-12)15(4)20-14(3)16-6-5-7-17(19)11-16/h5-11,14-15,20H,1-4H3. The van der Waals surface area contributed by atoms with Gasteiger partial charge in [0.2, 0.25) is 0 Å². The van der Waals surface area contributed by atoms with Gasteiger partial charge in [0, 0.05) is 16.6 Å². The van der Waals surface area contributed by atoms with Crippen LogP contribution in [0.3, 0.4) is 0 Å². The Balaban J connectivity index is 2.15. The van der Waals surface area contributed by atoms with Gasteiger partial charge in [-0.25, -0.2) is 0 Å². The zero-order valence-corrected chi connectivity index (χ0v) is 14.2. The normalized spacial score (nSPS) is 14.1. The van der Waals surface area contributed by atoms with E-state index in [1.165, 1.54) is 22.3 Å². The molecule has 2 aromatic rings. The van der Waals surface area contributed by atoms with E-state index in [9.17, 15) is 0 Å². The molecular weight excluding hydrogens is 310 g/mol. The van der Waals surface area contributed by atoms with Gasteiger partial charge in [-0.05, 0) is 56.5 Å². The number of halogens is 1. The fourth-order valence-electron chi connectivity index (χ4n) is 2.56. The average molecular weight is 332 g/mol. The van der Waals surface area contributed by atoms with Crippen LogP contribution in [0.5, 0.6) is 0 Å². The van der Waals surface area contributed by atoms with Gasteiger partial charge < -0.3 is 5.32 Å². The summed E-state index contributed by atoms with van der Waals surface area (Å²) in [5, 5.41) is 3.69. The Morgan fingerprint density at radius 3 is 2.40 bits per heavy atom.